The van der Waals surface area contributed by atoms with Crippen molar-refractivity contribution in [3.63, 3.8) is 0 Å². The molecule has 0 spiro atoms. The van der Waals surface area contributed by atoms with Gasteiger partial charge in [0.15, 0.2) is 17.5 Å². The van der Waals surface area contributed by atoms with E-state index in [1.54, 1.807) is 42.5 Å². The van der Waals surface area contributed by atoms with Crippen LogP contribution in [0.1, 0.15) is 11.3 Å². The summed E-state index contributed by atoms with van der Waals surface area (Å²) in [5, 5.41) is 13.8. The van der Waals surface area contributed by atoms with Gasteiger partial charge < -0.3 is 10.1 Å². The zero-order chi connectivity index (χ0) is 24.9. The lowest BCUT2D eigenvalue weighted by Gasteiger charge is -2.10. The molecule has 6 rings (SSSR count). The predicted octanol–water partition coefficient (Wildman–Crippen LogP) is 5.71. The van der Waals surface area contributed by atoms with Crippen LogP contribution < -0.4 is 4.72 Å². The highest BCUT2D eigenvalue weighted by Crippen LogP contribution is 2.39. The fourth-order valence-electron chi connectivity index (χ4n) is 4.50. The van der Waals surface area contributed by atoms with Crippen molar-refractivity contribution in [1.82, 2.24) is 9.97 Å². The number of halogens is 1. The number of hydrogen-bond acceptors (Lipinski definition) is 4. The van der Waals surface area contributed by atoms with Gasteiger partial charge in [-0.25, -0.2) is 8.42 Å². The zero-order valence-corrected chi connectivity index (χ0v) is 20.5. The number of anilines is 1. The van der Waals surface area contributed by atoms with Gasteiger partial charge in [0.25, 0.3) is 10.0 Å². The average Bonchev–Trinajstić information content (AvgIpc) is 3.01. The summed E-state index contributed by atoms with van der Waals surface area (Å²) in [6, 6.07) is 19.4. The number of allylic oxidation sites excluding steroid dienone is 3. The Morgan fingerprint density at radius 2 is 1.81 bits per heavy atom. The van der Waals surface area contributed by atoms with Gasteiger partial charge in [0, 0.05) is 29.1 Å². The van der Waals surface area contributed by atoms with E-state index < -0.39 is 10.0 Å². The van der Waals surface area contributed by atoms with E-state index in [0.29, 0.717) is 39.3 Å². The molecule has 0 aliphatic heterocycles. The van der Waals surface area contributed by atoms with Gasteiger partial charge in [-0.2, -0.15) is 0 Å². The Labute approximate surface area is 212 Å². The first kappa shape index (κ1) is 22.4. The summed E-state index contributed by atoms with van der Waals surface area (Å²) in [6.45, 7) is 0. The normalized spacial score (nSPS) is 13.1. The van der Waals surface area contributed by atoms with Gasteiger partial charge >= 0.3 is 0 Å². The first-order chi connectivity index (χ1) is 17.4. The number of aromatic amines is 1. The van der Waals surface area contributed by atoms with E-state index in [4.69, 9.17) is 16.6 Å². The maximum Gasteiger partial charge on any atom is 0.261 e. The number of nitrogens with zero attached hydrogens (tertiary/aromatic N) is 1. The van der Waals surface area contributed by atoms with Crippen molar-refractivity contribution in [3.8, 4) is 17.1 Å². The Morgan fingerprint density at radius 1 is 0.972 bits per heavy atom. The molecule has 5 aromatic rings. The molecule has 36 heavy (non-hydrogen) atoms. The number of aromatic hydroxyl groups is 1. The van der Waals surface area contributed by atoms with E-state index >= 15 is 0 Å². The van der Waals surface area contributed by atoms with Crippen molar-refractivity contribution in [2.75, 3.05) is 4.72 Å². The van der Waals surface area contributed by atoms with Crippen LogP contribution in [0, 0.1) is 11.6 Å². The van der Waals surface area contributed by atoms with Crippen molar-refractivity contribution in [1.29, 1.82) is 0 Å². The number of nitrogens with one attached hydrogen (secondary N) is 2. The molecule has 3 N–H and O–H groups in total. The molecule has 1 aliphatic carbocycles. The van der Waals surface area contributed by atoms with E-state index in [2.05, 4.69) is 9.71 Å². The number of pyridine rings is 1. The smallest absolute Gasteiger partial charge is 0.261 e. The zero-order valence-electron chi connectivity index (χ0n) is 18.9. The molecule has 0 unspecified atom stereocenters. The summed E-state index contributed by atoms with van der Waals surface area (Å²) in [6.07, 6.45) is 8.45. The maximum atomic E-state index is 13.2. The van der Waals surface area contributed by atoms with Crippen LogP contribution in [-0.4, -0.2) is 23.5 Å². The van der Waals surface area contributed by atoms with E-state index in [1.165, 1.54) is 0 Å². The van der Waals surface area contributed by atoms with Gasteiger partial charge in [-0.05, 0) is 47.2 Å². The molecular formula is C28H21ClN3O3S+. The lowest BCUT2D eigenvalue weighted by molar-refractivity contribution is -0.289. The molecule has 0 saturated heterocycles. The molecule has 3 aromatic carbocycles. The van der Waals surface area contributed by atoms with Crippen molar-refractivity contribution in [2.45, 2.75) is 11.3 Å². The Bertz CT molecular complexity index is 1840. The SMILES string of the molecule is O=S(=O)(Nc1ccc2[nH]c(O)c(-c3cc([ClH+])c4c(n3)CC=CC=C4)c2c1)c1ccc2ccccc2c1. The number of benzene rings is 3. The van der Waals surface area contributed by atoms with Crippen molar-refractivity contribution in [2.24, 2.45) is 0 Å². The van der Waals surface area contributed by atoms with Crippen molar-refractivity contribution in [3.05, 3.63) is 101 Å². The van der Waals surface area contributed by atoms with Gasteiger partial charge in [-0.3, -0.25) is 9.71 Å². The number of fused-ring (bicyclic) bond motifs is 3. The first-order valence-electron chi connectivity index (χ1n) is 11.3. The number of aromatic nitrogens is 2. The van der Waals surface area contributed by atoms with Gasteiger partial charge in [-0.1, -0.05) is 48.6 Å². The second-order valence-electron chi connectivity index (χ2n) is 8.58. The molecular weight excluding hydrogens is 494 g/mol. The highest BCUT2D eigenvalue weighted by Gasteiger charge is 2.22. The topological polar surface area (TPSA) is 95.1 Å². The summed E-state index contributed by atoms with van der Waals surface area (Å²) >= 11 is 5.61. The van der Waals surface area contributed by atoms with Crippen LogP contribution in [0.15, 0.2) is 89.9 Å². The summed E-state index contributed by atoms with van der Waals surface area (Å²) < 4.78 is 29.0. The van der Waals surface area contributed by atoms with Crippen molar-refractivity contribution >= 4 is 43.5 Å². The Hall–Kier alpha value is -4.07. The molecule has 0 radical (unpaired) electrons. The molecule has 178 valence electrons. The number of H-pyrrole nitrogens is 1. The molecule has 2 heterocycles. The summed E-state index contributed by atoms with van der Waals surface area (Å²) in [7, 11) is -3.84. The lowest BCUT2D eigenvalue weighted by atomic mass is 10.1. The summed E-state index contributed by atoms with van der Waals surface area (Å²) in [5.74, 6) is -0.0545. The van der Waals surface area contributed by atoms with E-state index in [0.717, 1.165) is 22.0 Å². The highest BCUT2D eigenvalue weighted by atomic mass is 35.5. The molecule has 0 bridgehead atoms. The second-order valence-corrected chi connectivity index (χ2v) is 10.7. The first-order valence-corrected chi connectivity index (χ1v) is 13.2. The molecule has 8 heteroatoms. The van der Waals surface area contributed by atoms with Crippen LogP contribution in [-0.2, 0) is 16.4 Å². The molecule has 0 saturated carbocycles. The van der Waals surface area contributed by atoms with Crippen LogP contribution in [0.4, 0.5) is 5.69 Å². The van der Waals surface area contributed by atoms with Gasteiger partial charge in [0.1, 0.15) is 0 Å². The molecule has 0 amide bonds. The molecule has 1 aliphatic rings. The lowest BCUT2D eigenvalue weighted by Crippen LogP contribution is -2.12. The minimum absolute atomic E-state index is 0.0545. The third-order valence-corrected chi connectivity index (χ3v) is 7.96. The molecule has 2 aromatic heterocycles. The number of sulfonamides is 1. The van der Waals surface area contributed by atoms with Crippen LogP contribution in [0.25, 0.3) is 39.0 Å². The average molecular weight is 515 g/mol. The monoisotopic (exact) mass is 514 g/mol. The predicted molar refractivity (Wildman–Crippen MR) is 140 cm³/mol. The summed E-state index contributed by atoms with van der Waals surface area (Å²) in [5.41, 5.74) is 3.74. The van der Waals surface area contributed by atoms with Crippen LogP contribution in [0.2, 0.25) is 5.02 Å². The highest BCUT2D eigenvalue weighted by molar-refractivity contribution is 7.92. The molecule has 0 fully saturated rings. The minimum atomic E-state index is -3.84. The third-order valence-electron chi connectivity index (χ3n) is 6.24. The van der Waals surface area contributed by atoms with E-state index in [-0.39, 0.29) is 10.8 Å². The Kier molecular flexibility index (Phi) is 5.32. The van der Waals surface area contributed by atoms with E-state index in [1.807, 2.05) is 48.6 Å². The fourth-order valence-corrected chi connectivity index (χ4v) is 5.89. The van der Waals surface area contributed by atoms with Gasteiger partial charge in [0.05, 0.1) is 27.4 Å². The standard InChI is InChI=1S/C28H20ClN3O3S/c29-23-16-26(30-24-9-3-1-2-8-21(23)24)27-22-15-19(11-13-25(22)31-28(27)33)32-36(34,35)20-12-10-17-6-4-5-7-18(17)14-20/h1-8,10-16,29,32H,9H2,(H-,30,31,33)/p+1. The molecule has 0 atom stereocenters. The van der Waals surface area contributed by atoms with E-state index in [9.17, 15) is 13.5 Å². The maximum absolute atomic E-state index is 13.2. The van der Waals surface area contributed by atoms with Crippen LogP contribution in [0.3, 0.4) is 0 Å². The second kappa shape index (κ2) is 8.55. The van der Waals surface area contributed by atoms with Gasteiger partial charge in [0.2, 0.25) is 5.02 Å². The molecule has 6 nitrogen and oxygen atoms in total. The van der Waals surface area contributed by atoms with Gasteiger partial charge in [-0.15, -0.1) is 0 Å². The Morgan fingerprint density at radius 3 is 2.67 bits per heavy atom. The summed E-state index contributed by atoms with van der Waals surface area (Å²) in [4.78, 5) is 7.91. The van der Waals surface area contributed by atoms with Crippen LogP contribution >= 0.6 is 0 Å². The van der Waals surface area contributed by atoms with Crippen molar-refractivity contribution < 1.29 is 25.1 Å². The largest absolute Gasteiger partial charge is 0.494 e. The number of hydrogen-bond donors (Lipinski definition) is 3. The fraction of sp³-hybridized carbons (Fsp3) is 0.0357. The quantitative estimate of drug-likeness (QED) is 0.286. The number of rotatable bonds is 4. The third kappa shape index (κ3) is 3.92. The van der Waals surface area contributed by atoms with Crippen LogP contribution in [0.5, 0.6) is 5.88 Å². The minimum Gasteiger partial charge on any atom is -0.494 e. The Balaban J connectivity index is 1.41.